The van der Waals surface area contributed by atoms with Gasteiger partial charge in [0.15, 0.2) is 0 Å². The summed E-state index contributed by atoms with van der Waals surface area (Å²) >= 11 is 0. The van der Waals surface area contributed by atoms with Gasteiger partial charge in [0.2, 0.25) is 0 Å². The zero-order chi connectivity index (χ0) is 18.3. The fraction of sp³-hybridized carbons (Fsp3) is 1.00. The first-order valence-corrected chi connectivity index (χ1v) is 10.6. The van der Waals surface area contributed by atoms with Gasteiger partial charge in [-0.1, -0.05) is 27.7 Å². The van der Waals surface area contributed by atoms with E-state index in [9.17, 15) is 0 Å². The van der Waals surface area contributed by atoms with Crippen LogP contribution < -0.4 is 0 Å². The monoisotopic (exact) mass is 357 g/mol. The summed E-state index contributed by atoms with van der Waals surface area (Å²) in [6.07, 6.45) is 4.98. The van der Waals surface area contributed by atoms with Crippen molar-refractivity contribution in [3.63, 3.8) is 0 Å². The summed E-state index contributed by atoms with van der Waals surface area (Å²) in [5.74, 6) is 2.03. The first-order valence-electron chi connectivity index (χ1n) is 10.6. The van der Waals surface area contributed by atoms with Gasteiger partial charge in [0.05, 0.1) is 23.4 Å². The highest BCUT2D eigenvalue weighted by Gasteiger charge is 2.83. The molecule has 2 heterocycles. The molecule has 8 atom stereocenters. The molecule has 6 aliphatic carbocycles. The third-order valence-electron chi connectivity index (χ3n) is 10.6. The van der Waals surface area contributed by atoms with Crippen LogP contribution in [0, 0.1) is 28.6 Å². The van der Waals surface area contributed by atoms with E-state index in [4.69, 9.17) is 18.6 Å². The van der Waals surface area contributed by atoms with Gasteiger partial charge in [0.1, 0.15) is 0 Å². The Bertz CT molecular complexity index is 683. The lowest BCUT2D eigenvalue weighted by atomic mass is 9.24. The van der Waals surface area contributed by atoms with E-state index in [2.05, 4.69) is 41.5 Å². The average Bonchev–Trinajstić information content (AvgIpc) is 3.12. The van der Waals surface area contributed by atoms with Crippen LogP contribution >= 0.6 is 0 Å². The minimum Gasteiger partial charge on any atom is -0.407 e. The van der Waals surface area contributed by atoms with Crippen molar-refractivity contribution >= 4 is 14.8 Å². The summed E-state index contributed by atoms with van der Waals surface area (Å²) in [6, 6.07) is 0. The van der Waals surface area contributed by atoms with Crippen molar-refractivity contribution in [3.8, 4) is 0 Å². The molecule has 1 radical (unpaired) electrons. The van der Waals surface area contributed by atoms with Gasteiger partial charge in [0.25, 0.3) is 0 Å². The molecule has 2 aliphatic heterocycles. The molecule has 8 fully saturated rings. The summed E-state index contributed by atoms with van der Waals surface area (Å²) in [5, 5.41) is -0.143. The highest BCUT2D eigenvalue weighted by atomic mass is 16.7. The maximum atomic E-state index is 6.96. The molecule has 0 aromatic heterocycles. The number of hydrogen-bond donors (Lipinski definition) is 0. The Kier molecular flexibility index (Phi) is 2.87. The molecule has 2 saturated heterocycles. The molecule has 6 saturated carbocycles. The SMILES string of the molecule is CC1(C)C2CC3OB([C@@]45C[C@@H](C[C@H]6O[B]O[C@]64C)C5(C)C)OC3(C)C1C2. The molecule has 26 heavy (non-hydrogen) atoms. The molecule has 0 aromatic carbocycles. The molecule has 4 unspecified atom stereocenters. The van der Waals surface area contributed by atoms with Gasteiger partial charge in [-0.2, -0.15) is 0 Å². The van der Waals surface area contributed by atoms with E-state index in [1.54, 1.807) is 7.69 Å². The number of rotatable bonds is 1. The summed E-state index contributed by atoms with van der Waals surface area (Å²) in [5.41, 5.74) is -0.0189. The summed E-state index contributed by atoms with van der Waals surface area (Å²) in [6.45, 7) is 14.2. The van der Waals surface area contributed by atoms with Gasteiger partial charge < -0.3 is 18.6 Å². The molecule has 0 aromatic rings. The van der Waals surface area contributed by atoms with Crippen LogP contribution in [0.15, 0.2) is 0 Å². The van der Waals surface area contributed by atoms with E-state index in [1.807, 2.05) is 0 Å². The van der Waals surface area contributed by atoms with E-state index in [-0.39, 0.29) is 41.3 Å². The molecule has 4 nitrogen and oxygen atoms in total. The molecular formula is C20H31B2O4. The second-order valence-corrected chi connectivity index (χ2v) is 11.6. The van der Waals surface area contributed by atoms with E-state index in [0.29, 0.717) is 17.3 Å². The molecule has 6 heteroatoms. The first-order chi connectivity index (χ1) is 12.1. The Morgan fingerprint density at radius 3 is 2.35 bits per heavy atom. The van der Waals surface area contributed by atoms with Gasteiger partial charge in [-0.15, -0.1) is 0 Å². The van der Waals surface area contributed by atoms with Crippen LogP contribution in [0.5, 0.6) is 0 Å². The topological polar surface area (TPSA) is 36.9 Å². The third-order valence-corrected chi connectivity index (χ3v) is 10.6. The lowest BCUT2D eigenvalue weighted by Crippen LogP contribution is -2.74. The van der Waals surface area contributed by atoms with Crippen LogP contribution in [0.1, 0.15) is 67.2 Å². The summed E-state index contributed by atoms with van der Waals surface area (Å²) < 4.78 is 25.8. The van der Waals surface area contributed by atoms with E-state index >= 15 is 0 Å². The van der Waals surface area contributed by atoms with Gasteiger partial charge in [-0.3, -0.25) is 0 Å². The largest absolute Gasteiger partial charge is 0.488 e. The fourth-order valence-corrected chi connectivity index (χ4v) is 8.40. The van der Waals surface area contributed by atoms with Crippen molar-refractivity contribution in [2.75, 3.05) is 0 Å². The van der Waals surface area contributed by atoms with E-state index < -0.39 is 0 Å². The smallest absolute Gasteiger partial charge is 0.407 e. The predicted molar refractivity (Wildman–Crippen MR) is 99.4 cm³/mol. The predicted octanol–water partition coefficient (Wildman–Crippen LogP) is 3.61. The van der Waals surface area contributed by atoms with Crippen LogP contribution in [0.3, 0.4) is 0 Å². The molecule has 8 aliphatic rings. The summed E-state index contributed by atoms with van der Waals surface area (Å²) in [7, 11) is 1.38. The molecule has 4 bridgehead atoms. The highest BCUT2D eigenvalue weighted by Crippen LogP contribution is 2.80. The lowest BCUT2D eigenvalue weighted by Gasteiger charge is -2.72. The maximum Gasteiger partial charge on any atom is 0.488 e. The Balaban J connectivity index is 1.40. The van der Waals surface area contributed by atoms with Crippen molar-refractivity contribution in [2.45, 2.75) is 96.0 Å². The Morgan fingerprint density at radius 2 is 1.65 bits per heavy atom. The quantitative estimate of drug-likeness (QED) is 0.672. The minimum atomic E-state index is -0.363. The van der Waals surface area contributed by atoms with Crippen molar-refractivity contribution < 1.29 is 18.6 Å². The third kappa shape index (κ3) is 1.46. The molecular weight excluding hydrogens is 326 g/mol. The fourth-order valence-electron chi connectivity index (χ4n) is 8.40. The van der Waals surface area contributed by atoms with Gasteiger partial charge in [0, 0.05) is 5.31 Å². The molecule has 0 spiro atoms. The second-order valence-electron chi connectivity index (χ2n) is 11.6. The minimum absolute atomic E-state index is 0.127. The van der Waals surface area contributed by atoms with Gasteiger partial charge >= 0.3 is 14.8 Å². The Hall–Kier alpha value is -0.0301. The van der Waals surface area contributed by atoms with Gasteiger partial charge in [-0.25, -0.2) is 0 Å². The van der Waals surface area contributed by atoms with Crippen molar-refractivity contribution in [2.24, 2.45) is 28.6 Å². The Labute approximate surface area is 158 Å². The van der Waals surface area contributed by atoms with Crippen LogP contribution in [-0.2, 0) is 18.6 Å². The normalized spacial score (nSPS) is 60.4. The van der Waals surface area contributed by atoms with Crippen molar-refractivity contribution in [3.05, 3.63) is 0 Å². The lowest BCUT2D eigenvalue weighted by molar-refractivity contribution is -0.206. The van der Waals surface area contributed by atoms with Gasteiger partial charge in [-0.05, 0) is 68.1 Å². The molecule has 141 valence electrons. The zero-order valence-corrected chi connectivity index (χ0v) is 17.0. The highest BCUT2D eigenvalue weighted by molar-refractivity contribution is 6.51. The molecule has 0 amide bonds. The molecule has 0 N–H and O–H groups in total. The average molecular weight is 357 g/mol. The first kappa shape index (κ1) is 16.9. The second kappa shape index (κ2) is 4.42. The summed E-state index contributed by atoms with van der Waals surface area (Å²) in [4.78, 5) is 0. The van der Waals surface area contributed by atoms with Crippen molar-refractivity contribution in [1.29, 1.82) is 0 Å². The number of hydrogen-bond acceptors (Lipinski definition) is 4. The van der Waals surface area contributed by atoms with Crippen molar-refractivity contribution in [1.82, 2.24) is 0 Å². The van der Waals surface area contributed by atoms with E-state index in [0.717, 1.165) is 25.2 Å². The van der Waals surface area contributed by atoms with E-state index in [1.165, 1.54) is 6.42 Å². The maximum absolute atomic E-state index is 6.96. The van der Waals surface area contributed by atoms with Crippen LogP contribution in [-0.4, -0.2) is 38.2 Å². The molecule has 8 rings (SSSR count). The zero-order valence-electron chi connectivity index (χ0n) is 17.0. The Morgan fingerprint density at radius 1 is 0.923 bits per heavy atom. The van der Waals surface area contributed by atoms with Crippen LogP contribution in [0.2, 0.25) is 5.31 Å². The standard InChI is InChI=1S/C20H31B2O4/c1-16(2)11-7-13(16)18(5)14(8-11)24-22(26-18)20-10-12(17(20,3)4)9-15-19(20,6)25-21-23-15/h11-15H,7-10H2,1-6H3/t11?,12-,13?,14?,15-,18?,19-,20-/m1/s1. The van der Waals surface area contributed by atoms with Crippen LogP contribution in [0.4, 0.5) is 0 Å². The van der Waals surface area contributed by atoms with Crippen LogP contribution in [0.25, 0.3) is 0 Å².